The summed E-state index contributed by atoms with van der Waals surface area (Å²) in [4.78, 5) is 23.2. The van der Waals surface area contributed by atoms with Gasteiger partial charge in [-0.25, -0.2) is 18.1 Å². The summed E-state index contributed by atoms with van der Waals surface area (Å²) in [7, 11) is -3.28. The summed E-state index contributed by atoms with van der Waals surface area (Å²) in [5.41, 5.74) is 1.70. The Morgan fingerprint density at radius 2 is 2.04 bits per heavy atom. The van der Waals surface area contributed by atoms with Crippen LogP contribution < -0.4 is 4.72 Å². The van der Waals surface area contributed by atoms with Crippen LogP contribution >= 0.6 is 0 Å². The number of aromatic nitrogens is 2. The molecular formula is C16H20N4O3S. The molecule has 1 aliphatic rings. The third-order valence-corrected chi connectivity index (χ3v) is 4.83. The number of nitrogens with zero attached hydrogens (tertiary/aromatic N) is 3. The molecule has 0 aliphatic carbocycles. The lowest BCUT2D eigenvalue weighted by molar-refractivity contribution is 0.0612. The van der Waals surface area contributed by atoms with Crippen LogP contribution in [0.3, 0.4) is 0 Å². The number of hydrogen-bond acceptors (Lipinski definition) is 5. The van der Waals surface area contributed by atoms with Crippen LogP contribution in [0.2, 0.25) is 0 Å². The number of fused-ring (bicyclic) bond motifs is 1. The molecule has 1 aliphatic heterocycles. The minimum absolute atomic E-state index is 0.158. The van der Waals surface area contributed by atoms with E-state index in [1.54, 1.807) is 4.90 Å². The van der Waals surface area contributed by atoms with Gasteiger partial charge < -0.3 is 4.90 Å². The maximum Gasteiger partial charge on any atom is 0.274 e. The molecule has 1 aromatic heterocycles. The molecule has 8 heteroatoms. The zero-order chi connectivity index (χ0) is 17.2. The Morgan fingerprint density at radius 3 is 2.79 bits per heavy atom. The van der Waals surface area contributed by atoms with Gasteiger partial charge in [-0.2, -0.15) is 0 Å². The van der Waals surface area contributed by atoms with E-state index in [0.29, 0.717) is 17.8 Å². The average Bonchev–Trinajstić information content (AvgIpc) is 2.58. The van der Waals surface area contributed by atoms with Gasteiger partial charge >= 0.3 is 0 Å². The van der Waals surface area contributed by atoms with Crippen LogP contribution in [0.1, 0.15) is 29.8 Å². The monoisotopic (exact) mass is 348 g/mol. The molecule has 1 aromatic carbocycles. The normalized spacial score (nSPS) is 18.7. The highest BCUT2D eigenvalue weighted by Crippen LogP contribution is 2.19. The lowest BCUT2D eigenvalue weighted by Crippen LogP contribution is -2.49. The predicted octanol–water partition coefficient (Wildman–Crippen LogP) is 1.17. The molecule has 1 unspecified atom stereocenters. The van der Waals surface area contributed by atoms with E-state index >= 15 is 0 Å². The molecule has 0 saturated carbocycles. The number of piperidine rings is 1. The standard InChI is InChI=1S/C16H20N4O3S/c1-24(22,23)18-10-12-6-4-5-9-20(12)16(21)15-11-17-13-7-2-3-8-14(13)19-15/h2-3,7-8,11-12,18H,4-6,9-10H2,1H3. The Hall–Kier alpha value is -2.06. The van der Waals surface area contributed by atoms with E-state index < -0.39 is 10.0 Å². The fourth-order valence-electron chi connectivity index (χ4n) is 2.94. The molecule has 1 atom stereocenters. The number of benzene rings is 1. The second kappa shape index (κ2) is 6.82. The SMILES string of the molecule is CS(=O)(=O)NCC1CCCCN1C(=O)c1cnc2ccccc2n1. The molecule has 2 heterocycles. The van der Waals surface area contributed by atoms with Gasteiger partial charge in [0.1, 0.15) is 5.69 Å². The fraction of sp³-hybridized carbons (Fsp3) is 0.438. The van der Waals surface area contributed by atoms with Crippen LogP contribution in [0.4, 0.5) is 0 Å². The smallest absolute Gasteiger partial charge is 0.274 e. The molecule has 0 radical (unpaired) electrons. The van der Waals surface area contributed by atoms with Crippen molar-refractivity contribution in [2.75, 3.05) is 19.3 Å². The maximum absolute atomic E-state index is 12.8. The number of rotatable bonds is 4. The van der Waals surface area contributed by atoms with Gasteiger partial charge in [0.25, 0.3) is 5.91 Å². The summed E-state index contributed by atoms with van der Waals surface area (Å²) in [6.07, 6.45) is 5.26. The number of sulfonamides is 1. The van der Waals surface area contributed by atoms with Crippen LogP contribution in [0, 0.1) is 0 Å². The largest absolute Gasteiger partial charge is 0.333 e. The molecule has 128 valence electrons. The quantitative estimate of drug-likeness (QED) is 0.895. The van der Waals surface area contributed by atoms with Gasteiger partial charge in [-0.05, 0) is 31.4 Å². The Labute approximate surface area is 141 Å². The van der Waals surface area contributed by atoms with Crippen molar-refractivity contribution in [1.82, 2.24) is 19.6 Å². The van der Waals surface area contributed by atoms with E-state index in [2.05, 4.69) is 14.7 Å². The highest BCUT2D eigenvalue weighted by Gasteiger charge is 2.29. The average molecular weight is 348 g/mol. The van der Waals surface area contributed by atoms with Gasteiger partial charge in [0.2, 0.25) is 10.0 Å². The predicted molar refractivity (Wildman–Crippen MR) is 91.1 cm³/mol. The number of para-hydroxylation sites is 2. The lowest BCUT2D eigenvalue weighted by atomic mass is 10.0. The molecule has 0 spiro atoms. The third kappa shape index (κ3) is 3.88. The zero-order valence-corrected chi connectivity index (χ0v) is 14.3. The topological polar surface area (TPSA) is 92.3 Å². The number of nitrogens with one attached hydrogen (secondary N) is 1. The second-order valence-corrected chi connectivity index (χ2v) is 7.85. The van der Waals surface area contributed by atoms with Crippen LogP contribution in [-0.4, -0.2) is 54.6 Å². The molecule has 2 aromatic rings. The minimum atomic E-state index is -3.28. The van der Waals surface area contributed by atoms with E-state index in [0.717, 1.165) is 31.0 Å². The molecule has 7 nitrogen and oxygen atoms in total. The van der Waals surface area contributed by atoms with Gasteiger partial charge in [0.15, 0.2) is 0 Å². The summed E-state index contributed by atoms with van der Waals surface area (Å²) < 4.78 is 25.2. The van der Waals surface area contributed by atoms with Crippen molar-refractivity contribution in [3.05, 3.63) is 36.2 Å². The number of likely N-dealkylation sites (tertiary alicyclic amines) is 1. The van der Waals surface area contributed by atoms with Crippen molar-refractivity contribution in [2.45, 2.75) is 25.3 Å². The molecule has 1 saturated heterocycles. The second-order valence-electron chi connectivity index (χ2n) is 6.01. The molecule has 3 rings (SSSR count). The van der Waals surface area contributed by atoms with Gasteiger partial charge in [-0.15, -0.1) is 0 Å². The highest BCUT2D eigenvalue weighted by atomic mass is 32.2. The fourth-order valence-corrected chi connectivity index (χ4v) is 3.43. The number of carbonyl (C=O) groups is 1. The van der Waals surface area contributed by atoms with Crippen LogP contribution in [0.25, 0.3) is 11.0 Å². The van der Waals surface area contributed by atoms with Gasteiger partial charge in [-0.1, -0.05) is 12.1 Å². The number of carbonyl (C=O) groups excluding carboxylic acids is 1. The Bertz CT molecular complexity index is 853. The molecule has 24 heavy (non-hydrogen) atoms. The molecular weight excluding hydrogens is 328 g/mol. The molecule has 1 fully saturated rings. The summed E-state index contributed by atoms with van der Waals surface area (Å²) >= 11 is 0. The van der Waals surface area contributed by atoms with E-state index in [-0.39, 0.29) is 18.5 Å². The Kier molecular flexibility index (Phi) is 4.77. The summed E-state index contributed by atoms with van der Waals surface area (Å²) in [5.74, 6) is -0.201. The summed E-state index contributed by atoms with van der Waals surface area (Å²) in [5, 5.41) is 0. The highest BCUT2D eigenvalue weighted by molar-refractivity contribution is 7.88. The van der Waals surface area contributed by atoms with Crippen molar-refractivity contribution in [3.63, 3.8) is 0 Å². The van der Waals surface area contributed by atoms with Crippen LogP contribution in [0.5, 0.6) is 0 Å². The lowest BCUT2D eigenvalue weighted by Gasteiger charge is -2.35. The molecule has 1 amide bonds. The Morgan fingerprint density at radius 1 is 1.29 bits per heavy atom. The molecule has 1 N–H and O–H groups in total. The Balaban J connectivity index is 1.82. The van der Waals surface area contributed by atoms with Crippen LogP contribution in [0.15, 0.2) is 30.5 Å². The van der Waals surface area contributed by atoms with Crippen molar-refractivity contribution in [1.29, 1.82) is 0 Å². The third-order valence-electron chi connectivity index (χ3n) is 4.14. The maximum atomic E-state index is 12.8. The number of amides is 1. The van der Waals surface area contributed by atoms with Gasteiger partial charge in [-0.3, -0.25) is 9.78 Å². The van der Waals surface area contributed by atoms with E-state index in [1.165, 1.54) is 6.20 Å². The van der Waals surface area contributed by atoms with E-state index in [9.17, 15) is 13.2 Å². The van der Waals surface area contributed by atoms with E-state index in [4.69, 9.17) is 0 Å². The van der Waals surface area contributed by atoms with Crippen molar-refractivity contribution < 1.29 is 13.2 Å². The van der Waals surface area contributed by atoms with Gasteiger partial charge in [0.05, 0.1) is 23.5 Å². The first-order valence-corrected chi connectivity index (χ1v) is 9.80. The summed E-state index contributed by atoms with van der Waals surface area (Å²) in [6, 6.07) is 7.23. The molecule has 0 bridgehead atoms. The summed E-state index contributed by atoms with van der Waals surface area (Å²) in [6.45, 7) is 0.828. The van der Waals surface area contributed by atoms with Gasteiger partial charge in [0, 0.05) is 19.1 Å². The van der Waals surface area contributed by atoms with Crippen molar-refractivity contribution >= 4 is 27.0 Å². The van der Waals surface area contributed by atoms with E-state index in [1.807, 2.05) is 24.3 Å². The number of hydrogen-bond donors (Lipinski definition) is 1. The minimum Gasteiger partial charge on any atom is -0.333 e. The first-order chi connectivity index (χ1) is 11.4. The van der Waals surface area contributed by atoms with Crippen molar-refractivity contribution in [2.24, 2.45) is 0 Å². The first-order valence-electron chi connectivity index (χ1n) is 7.91. The zero-order valence-electron chi connectivity index (χ0n) is 13.5. The van der Waals surface area contributed by atoms with Crippen LogP contribution in [-0.2, 0) is 10.0 Å². The van der Waals surface area contributed by atoms with Crippen molar-refractivity contribution in [3.8, 4) is 0 Å². The first kappa shape index (κ1) is 16.8.